The van der Waals surface area contributed by atoms with Gasteiger partial charge in [-0.15, -0.1) is 0 Å². The number of nitrogens with one attached hydrogen (secondary N) is 1. The number of anilines is 2. The Balaban J connectivity index is 1.39. The Morgan fingerprint density at radius 2 is 1.83 bits per heavy atom. The number of piperidine rings is 1. The highest BCUT2D eigenvalue weighted by molar-refractivity contribution is 6.35. The summed E-state index contributed by atoms with van der Waals surface area (Å²) in [6.07, 6.45) is 3.11. The molecule has 0 radical (unpaired) electrons. The third-order valence-corrected chi connectivity index (χ3v) is 6.50. The van der Waals surface area contributed by atoms with E-state index in [1.165, 1.54) is 6.07 Å². The van der Waals surface area contributed by atoms with Crippen molar-refractivity contribution in [2.45, 2.75) is 19.3 Å². The molecule has 1 aliphatic heterocycles. The van der Waals surface area contributed by atoms with Crippen molar-refractivity contribution < 1.29 is 14.1 Å². The van der Waals surface area contributed by atoms with Crippen LogP contribution in [0.3, 0.4) is 0 Å². The molecular weight excluding hydrogens is 491 g/mol. The monoisotopic (exact) mass is 510 g/mol. The van der Waals surface area contributed by atoms with Crippen LogP contribution >= 0.6 is 23.2 Å². The standard InChI is InChI=1S/C25H20Cl2N4O4/c26-16-5-7-19(27)18(13-16)25-29-20-14-17(6-9-23(20)35-25)28-24(32)15-4-8-21(22(12-15)31(33)34)30-10-2-1-3-11-30/h4-9,12-14H,1-3,10-11H2,(H,28,32). The van der Waals surface area contributed by atoms with Gasteiger partial charge in [0.1, 0.15) is 11.2 Å². The van der Waals surface area contributed by atoms with E-state index in [1.807, 2.05) is 4.90 Å². The minimum atomic E-state index is -0.459. The van der Waals surface area contributed by atoms with Crippen molar-refractivity contribution in [2.24, 2.45) is 0 Å². The molecule has 8 nitrogen and oxygen atoms in total. The van der Waals surface area contributed by atoms with E-state index in [0.717, 1.165) is 32.4 Å². The number of hydrogen-bond acceptors (Lipinski definition) is 6. The second-order valence-electron chi connectivity index (χ2n) is 8.29. The van der Waals surface area contributed by atoms with Crippen molar-refractivity contribution in [3.05, 3.63) is 80.3 Å². The van der Waals surface area contributed by atoms with Crippen LogP contribution in [-0.4, -0.2) is 28.9 Å². The van der Waals surface area contributed by atoms with Gasteiger partial charge in [-0.1, -0.05) is 23.2 Å². The van der Waals surface area contributed by atoms with Crippen LogP contribution in [0.4, 0.5) is 17.1 Å². The second-order valence-corrected chi connectivity index (χ2v) is 9.13. The molecule has 0 unspecified atom stereocenters. The highest BCUT2D eigenvalue weighted by Gasteiger charge is 2.23. The van der Waals surface area contributed by atoms with Crippen LogP contribution < -0.4 is 10.2 Å². The number of nitro groups is 1. The lowest BCUT2D eigenvalue weighted by Gasteiger charge is -2.28. The van der Waals surface area contributed by atoms with E-state index in [-0.39, 0.29) is 11.3 Å². The number of oxazole rings is 1. The molecule has 5 rings (SSSR count). The van der Waals surface area contributed by atoms with E-state index in [1.54, 1.807) is 48.5 Å². The Morgan fingerprint density at radius 1 is 1.03 bits per heavy atom. The molecule has 10 heteroatoms. The average Bonchev–Trinajstić information content (AvgIpc) is 3.29. The molecule has 1 N–H and O–H groups in total. The van der Waals surface area contributed by atoms with Crippen LogP contribution in [-0.2, 0) is 0 Å². The Labute approximate surface area is 210 Å². The number of aromatic nitrogens is 1. The average molecular weight is 511 g/mol. The van der Waals surface area contributed by atoms with Crippen molar-refractivity contribution in [1.29, 1.82) is 0 Å². The molecule has 0 saturated carbocycles. The maximum absolute atomic E-state index is 12.9. The molecule has 4 aromatic rings. The van der Waals surface area contributed by atoms with Crippen molar-refractivity contribution >= 4 is 57.3 Å². The molecule has 0 bridgehead atoms. The first-order valence-corrected chi connectivity index (χ1v) is 11.9. The van der Waals surface area contributed by atoms with Crippen LogP contribution in [0.1, 0.15) is 29.6 Å². The number of halogens is 2. The van der Waals surface area contributed by atoms with Gasteiger partial charge in [-0.05, 0) is 67.8 Å². The molecule has 0 aliphatic carbocycles. The van der Waals surface area contributed by atoms with Crippen molar-refractivity contribution in [2.75, 3.05) is 23.3 Å². The first-order chi connectivity index (χ1) is 16.9. The summed E-state index contributed by atoms with van der Waals surface area (Å²) in [6, 6.07) is 14.6. The van der Waals surface area contributed by atoms with Gasteiger partial charge in [-0.25, -0.2) is 4.98 Å². The molecule has 1 saturated heterocycles. The topological polar surface area (TPSA) is 102 Å². The van der Waals surface area contributed by atoms with E-state index in [2.05, 4.69) is 10.3 Å². The van der Waals surface area contributed by atoms with E-state index in [4.69, 9.17) is 27.6 Å². The summed E-state index contributed by atoms with van der Waals surface area (Å²) in [5, 5.41) is 15.4. The quantitative estimate of drug-likeness (QED) is 0.230. The fourth-order valence-electron chi connectivity index (χ4n) is 4.20. The van der Waals surface area contributed by atoms with Gasteiger partial charge in [0.15, 0.2) is 5.58 Å². The Morgan fingerprint density at radius 3 is 2.60 bits per heavy atom. The molecule has 1 fully saturated rings. The number of carbonyl (C=O) groups is 1. The van der Waals surface area contributed by atoms with Gasteiger partial charge in [-0.2, -0.15) is 0 Å². The summed E-state index contributed by atoms with van der Waals surface area (Å²) in [7, 11) is 0. The number of amides is 1. The molecule has 178 valence electrons. The number of carbonyl (C=O) groups excluding carboxylic acids is 1. The fourth-order valence-corrected chi connectivity index (χ4v) is 4.57. The van der Waals surface area contributed by atoms with Gasteiger partial charge in [-0.3, -0.25) is 14.9 Å². The molecule has 0 spiro atoms. The van der Waals surface area contributed by atoms with Crippen LogP contribution in [0, 0.1) is 10.1 Å². The molecule has 1 aliphatic rings. The molecular formula is C25H20Cl2N4O4. The van der Waals surface area contributed by atoms with Gasteiger partial charge in [0.2, 0.25) is 5.89 Å². The number of fused-ring (bicyclic) bond motifs is 1. The Kier molecular flexibility index (Phi) is 6.32. The van der Waals surface area contributed by atoms with E-state index in [9.17, 15) is 14.9 Å². The van der Waals surface area contributed by atoms with Crippen molar-refractivity contribution in [3.8, 4) is 11.5 Å². The Hall–Kier alpha value is -3.62. The predicted octanol–water partition coefficient (Wildman–Crippen LogP) is 6.95. The van der Waals surface area contributed by atoms with Crippen LogP contribution in [0.15, 0.2) is 59.0 Å². The summed E-state index contributed by atoms with van der Waals surface area (Å²) < 4.78 is 5.80. The number of benzene rings is 3. The highest BCUT2D eigenvalue weighted by Crippen LogP contribution is 2.34. The molecule has 1 amide bonds. The van der Waals surface area contributed by atoms with Crippen LogP contribution in [0.25, 0.3) is 22.6 Å². The third kappa shape index (κ3) is 4.80. The van der Waals surface area contributed by atoms with Gasteiger partial charge >= 0.3 is 0 Å². The number of nitro benzene ring substituents is 1. The first-order valence-electron chi connectivity index (χ1n) is 11.1. The van der Waals surface area contributed by atoms with Gasteiger partial charge < -0.3 is 14.6 Å². The van der Waals surface area contributed by atoms with Gasteiger partial charge in [0.25, 0.3) is 11.6 Å². The third-order valence-electron chi connectivity index (χ3n) is 5.94. The minimum absolute atomic E-state index is 0.0745. The predicted molar refractivity (Wildman–Crippen MR) is 137 cm³/mol. The fraction of sp³-hybridized carbons (Fsp3) is 0.200. The number of hydrogen-bond donors (Lipinski definition) is 1. The lowest BCUT2D eigenvalue weighted by atomic mass is 10.1. The summed E-state index contributed by atoms with van der Waals surface area (Å²) in [4.78, 5) is 30.7. The van der Waals surface area contributed by atoms with Crippen LogP contribution in [0.5, 0.6) is 0 Å². The smallest absolute Gasteiger partial charge is 0.293 e. The lowest BCUT2D eigenvalue weighted by Crippen LogP contribution is -2.30. The maximum Gasteiger partial charge on any atom is 0.293 e. The van der Waals surface area contributed by atoms with Crippen LogP contribution in [0.2, 0.25) is 10.0 Å². The largest absolute Gasteiger partial charge is 0.436 e. The Bertz CT molecular complexity index is 1450. The summed E-state index contributed by atoms with van der Waals surface area (Å²) in [5.41, 5.74) is 2.72. The molecule has 2 heterocycles. The second kappa shape index (κ2) is 9.56. The zero-order valence-electron chi connectivity index (χ0n) is 18.5. The van der Waals surface area contributed by atoms with E-state index in [0.29, 0.717) is 44.0 Å². The highest BCUT2D eigenvalue weighted by atomic mass is 35.5. The summed E-state index contributed by atoms with van der Waals surface area (Å²) in [6.45, 7) is 1.54. The number of nitrogens with zero attached hydrogens (tertiary/aromatic N) is 3. The zero-order chi connectivity index (χ0) is 24.5. The maximum atomic E-state index is 12.9. The minimum Gasteiger partial charge on any atom is -0.436 e. The van der Waals surface area contributed by atoms with E-state index >= 15 is 0 Å². The molecule has 3 aromatic carbocycles. The first kappa shape index (κ1) is 23.1. The van der Waals surface area contributed by atoms with E-state index < -0.39 is 10.8 Å². The normalized spacial score (nSPS) is 13.7. The zero-order valence-corrected chi connectivity index (χ0v) is 20.0. The number of rotatable bonds is 5. The van der Waals surface area contributed by atoms with Gasteiger partial charge in [0.05, 0.1) is 15.5 Å². The van der Waals surface area contributed by atoms with Crippen molar-refractivity contribution in [1.82, 2.24) is 4.98 Å². The molecule has 35 heavy (non-hydrogen) atoms. The lowest BCUT2D eigenvalue weighted by molar-refractivity contribution is -0.384. The van der Waals surface area contributed by atoms with Gasteiger partial charge in [0, 0.05) is 35.4 Å². The summed E-state index contributed by atoms with van der Waals surface area (Å²) >= 11 is 12.3. The SMILES string of the molecule is O=C(Nc1ccc2oc(-c3cc(Cl)ccc3Cl)nc2c1)c1ccc(N2CCCCC2)c([N+](=O)[O-])c1. The molecule has 0 atom stereocenters. The molecule has 1 aromatic heterocycles. The van der Waals surface area contributed by atoms with Crippen molar-refractivity contribution in [3.63, 3.8) is 0 Å². The summed E-state index contributed by atoms with van der Waals surface area (Å²) in [5.74, 6) is -0.154.